The second kappa shape index (κ2) is 9.46. The van der Waals surface area contributed by atoms with Crippen LogP contribution in [0.5, 0.6) is 28.7 Å². The van der Waals surface area contributed by atoms with Gasteiger partial charge in [-0.25, -0.2) is 4.39 Å². The molecule has 2 heterocycles. The number of fused-ring (bicyclic) bond motifs is 3. The van der Waals surface area contributed by atoms with Gasteiger partial charge in [0, 0.05) is 23.6 Å². The number of benzene rings is 3. The van der Waals surface area contributed by atoms with E-state index in [1.807, 2.05) is 0 Å². The van der Waals surface area contributed by atoms with Gasteiger partial charge in [0.2, 0.25) is 17.6 Å². The van der Waals surface area contributed by atoms with Crippen molar-refractivity contribution in [1.29, 1.82) is 0 Å². The molecule has 39 heavy (non-hydrogen) atoms. The Morgan fingerprint density at radius 1 is 0.949 bits per heavy atom. The maximum absolute atomic E-state index is 13.6. The third-order valence-corrected chi connectivity index (χ3v) is 6.90. The minimum Gasteiger partial charge on any atom is -0.493 e. The maximum atomic E-state index is 13.6. The van der Waals surface area contributed by atoms with Crippen LogP contribution in [0.4, 0.5) is 15.8 Å². The second-order valence-electron chi connectivity index (χ2n) is 9.30. The van der Waals surface area contributed by atoms with Crippen LogP contribution in [0.15, 0.2) is 66.9 Å². The van der Waals surface area contributed by atoms with Gasteiger partial charge in [0.05, 0.1) is 18.0 Å². The van der Waals surface area contributed by atoms with Gasteiger partial charge in [0.15, 0.2) is 11.5 Å². The molecule has 10 heteroatoms. The number of aromatic nitrogens is 1. The summed E-state index contributed by atoms with van der Waals surface area (Å²) in [7, 11) is 1.55. The van der Waals surface area contributed by atoms with E-state index in [-0.39, 0.29) is 0 Å². The number of rotatable bonds is 7. The van der Waals surface area contributed by atoms with E-state index in [9.17, 15) is 14.0 Å². The monoisotopic (exact) mass is 529 g/mol. The highest BCUT2D eigenvalue weighted by Gasteiger charge is 2.57. The molecule has 0 spiro atoms. The molecule has 0 saturated heterocycles. The number of amides is 2. The van der Waals surface area contributed by atoms with Crippen LogP contribution in [0.2, 0.25) is 0 Å². The molecule has 0 radical (unpaired) electrons. The number of carbonyl (C=O) groups excluding carboxylic acids is 2. The average Bonchev–Trinajstić information content (AvgIpc) is 3.77. The molecule has 9 nitrogen and oxygen atoms in total. The molecule has 1 saturated carbocycles. The Labute approximate surface area is 222 Å². The van der Waals surface area contributed by atoms with E-state index in [0.717, 1.165) is 0 Å². The fourth-order valence-electron chi connectivity index (χ4n) is 4.68. The summed E-state index contributed by atoms with van der Waals surface area (Å²) in [6.45, 7) is 0.769. The molecule has 1 aromatic heterocycles. The zero-order chi connectivity index (χ0) is 27.1. The zero-order valence-corrected chi connectivity index (χ0v) is 21.0. The topological polar surface area (TPSA) is 113 Å². The van der Waals surface area contributed by atoms with E-state index in [1.165, 1.54) is 29.2 Å². The standard InChI is InChI=1S/C29H24FN3O6/c1-36-23-16-21-24(26-25(23)37-14-15-38-26)22(10-13-32-21)39-20-8-6-19(7-9-20)33(18-4-2-17(30)3-5-18)28(35)29(11-12-29)27(31)34/h2-10,13,16H,11-12,14-15H2,1H3,(H2,31,34). The summed E-state index contributed by atoms with van der Waals surface area (Å²) in [6, 6.07) is 15.7. The quantitative estimate of drug-likeness (QED) is 0.340. The van der Waals surface area contributed by atoms with Crippen LogP contribution in [0, 0.1) is 11.2 Å². The van der Waals surface area contributed by atoms with Crippen molar-refractivity contribution in [2.75, 3.05) is 25.2 Å². The predicted octanol–water partition coefficient (Wildman–Crippen LogP) is 4.88. The van der Waals surface area contributed by atoms with Gasteiger partial charge in [-0.3, -0.25) is 19.5 Å². The molecule has 0 atom stereocenters. The van der Waals surface area contributed by atoms with Crippen LogP contribution in [0.25, 0.3) is 10.9 Å². The molecule has 3 aromatic carbocycles. The van der Waals surface area contributed by atoms with Crippen LogP contribution in [-0.4, -0.2) is 37.1 Å². The predicted molar refractivity (Wildman–Crippen MR) is 140 cm³/mol. The summed E-state index contributed by atoms with van der Waals surface area (Å²) in [5, 5.41) is 0.636. The zero-order valence-electron chi connectivity index (χ0n) is 21.0. The van der Waals surface area contributed by atoms with Crippen molar-refractivity contribution in [2.45, 2.75) is 12.8 Å². The van der Waals surface area contributed by atoms with Gasteiger partial charge in [0.1, 0.15) is 35.9 Å². The lowest BCUT2D eigenvalue weighted by Gasteiger charge is -2.26. The Morgan fingerprint density at radius 3 is 2.21 bits per heavy atom. The number of pyridine rings is 1. The Kier molecular flexibility index (Phi) is 5.94. The SMILES string of the molecule is COc1cc2nccc(Oc3ccc(N(C(=O)C4(C(N)=O)CC4)c4ccc(F)cc4)cc3)c2c2c1OCCO2. The Hall–Kier alpha value is -4.86. The Bertz CT molecular complexity index is 1590. The lowest BCUT2D eigenvalue weighted by atomic mass is 10.0. The summed E-state index contributed by atoms with van der Waals surface area (Å²) < 4.78 is 37.0. The van der Waals surface area contributed by atoms with Crippen LogP contribution >= 0.6 is 0 Å². The summed E-state index contributed by atoms with van der Waals surface area (Å²) in [4.78, 5) is 31.5. The molecule has 0 bridgehead atoms. The van der Waals surface area contributed by atoms with Gasteiger partial charge in [-0.2, -0.15) is 0 Å². The smallest absolute Gasteiger partial charge is 0.247 e. The van der Waals surface area contributed by atoms with E-state index < -0.39 is 23.0 Å². The van der Waals surface area contributed by atoms with E-state index in [0.29, 0.717) is 77.1 Å². The minimum absolute atomic E-state index is 0.371. The van der Waals surface area contributed by atoms with Gasteiger partial charge < -0.3 is 24.7 Å². The van der Waals surface area contributed by atoms with Crippen LogP contribution in [0.1, 0.15) is 12.8 Å². The van der Waals surface area contributed by atoms with Crippen molar-refractivity contribution in [3.8, 4) is 28.7 Å². The fraction of sp³-hybridized carbons (Fsp3) is 0.207. The number of carbonyl (C=O) groups is 2. The number of hydrogen-bond donors (Lipinski definition) is 1. The largest absolute Gasteiger partial charge is 0.493 e. The van der Waals surface area contributed by atoms with E-state index in [1.54, 1.807) is 49.7 Å². The molecule has 1 fully saturated rings. The molecule has 2 amide bonds. The molecule has 2 aliphatic rings. The van der Waals surface area contributed by atoms with Gasteiger partial charge >= 0.3 is 0 Å². The van der Waals surface area contributed by atoms with Crippen molar-refractivity contribution >= 4 is 34.1 Å². The Morgan fingerprint density at radius 2 is 1.59 bits per heavy atom. The summed E-state index contributed by atoms with van der Waals surface area (Å²) in [6.07, 6.45) is 2.36. The van der Waals surface area contributed by atoms with Crippen LogP contribution in [0.3, 0.4) is 0 Å². The minimum atomic E-state index is -1.26. The fourth-order valence-corrected chi connectivity index (χ4v) is 4.68. The van der Waals surface area contributed by atoms with Crippen molar-refractivity contribution in [2.24, 2.45) is 11.1 Å². The molecule has 1 aliphatic heterocycles. The van der Waals surface area contributed by atoms with Crippen molar-refractivity contribution in [1.82, 2.24) is 4.98 Å². The molecular weight excluding hydrogens is 505 g/mol. The highest BCUT2D eigenvalue weighted by Crippen LogP contribution is 2.50. The number of nitrogens with zero attached hydrogens (tertiary/aromatic N) is 2. The molecule has 0 unspecified atom stereocenters. The average molecular weight is 530 g/mol. The molecular formula is C29H24FN3O6. The molecule has 2 N–H and O–H groups in total. The van der Waals surface area contributed by atoms with Gasteiger partial charge in [-0.05, 0) is 67.4 Å². The summed E-state index contributed by atoms with van der Waals surface area (Å²) in [5.41, 5.74) is 5.82. The van der Waals surface area contributed by atoms with Crippen molar-refractivity contribution < 1.29 is 32.9 Å². The summed E-state index contributed by atoms with van der Waals surface area (Å²) in [5.74, 6) is 0.907. The van der Waals surface area contributed by atoms with Gasteiger partial charge in [-0.1, -0.05) is 0 Å². The third-order valence-electron chi connectivity index (χ3n) is 6.90. The van der Waals surface area contributed by atoms with Crippen molar-refractivity contribution in [3.63, 3.8) is 0 Å². The first kappa shape index (κ1) is 24.5. The van der Waals surface area contributed by atoms with Gasteiger partial charge in [-0.15, -0.1) is 0 Å². The highest BCUT2D eigenvalue weighted by atomic mass is 19.1. The Balaban J connectivity index is 1.36. The number of halogens is 1. The molecule has 6 rings (SSSR count). The first-order valence-electron chi connectivity index (χ1n) is 12.3. The van der Waals surface area contributed by atoms with E-state index >= 15 is 0 Å². The lowest BCUT2D eigenvalue weighted by Crippen LogP contribution is -2.41. The first-order valence-corrected chi connectivity index (χ1v) is 12.3. The number of hydrogen-bond acceptors (Lipinski definition) is 7. The summed E-state index contributed by atoms with van der Waals surface area (Å²) >= 11 is 0. The number of nitrogens with two attached hydrogens (primary N) is 1. The third kappa shape index (κ3) is 4.23. The van der Waals surface area contributed by atoms with E-state index in [2.05, 4.69) is 4.98 Å². The maximum Gasteiger partial charge on any atom is 0.247 e. The number of primary amides is 1. The molecule has 4 aromatic rings. The molecule has 1 aliphatic carbocycles. The first-order chi connectivity index (χ1) is 18.9. The normalized spacial score (nSPS) is 14.9. The number of methoxy groups -OCH3 is 1. The lowest BCUT2D eigenvalue weighted by molar-refractivity contribution is -0.133. The van der Waals surface area contributed by atoms with Crippen LogP contribution in [-0.2, 0) is 9.59 Å². The number of anilines is 2. The second-order valence-corrected chi connectivity index (χ2v) is 9.30. The highest BCUT2D eigenvalue weighted by molar-refractivity contribution is 6.16. The van der Waals surface area contributed by atoms with Crippen LogP contribution < -0.4 is 29.6 Å². The van der Waals surface area contributed by atoms with Gasteiger partial charge in [0.25, 0.3) is 0 Å². The molecule has 198 valence electrons. The van der Waals surface area contributed by atoms with E-state index in [4.69, 9.17) is 24.7 Å². The van der Waals surface area contributed by atoms with Crippen molar-refractivity contribution in [3.05, 3.63) is 72.7 Å². The number of ether oxygens (including phenoxy) is 4.